The molecule has 0 spiro atoms. The van der Waals surface area contributed by atoms with Crippen molar-refractivity contribution in [2.24, 2.45) is 0 Å². The van der Waals surface area contributed by atoms with Crippen molar-refractivity contribution in [1.82, 2.24) is 0 Å². The van der Waals surface area contributed by atoms with Crippen molar-refractivity contribution >= 4 is 28.6 Å². The van der Waals surface area contributed by atoms with Gasteiger partial charge in [-0.15, -0.1) is 0 Å². The molecule has 108 valence electrons. The Bertz CT molecular complexity index is 711. The lowest BCUT2D eigenvalue weighted by molar-refractivity contribution is 0.0452. The van der Waals surface area contributed by atoms with E-state index in [4.69, 9.17) is 14.2 Å². The number of methoxy groups -OCH3 is 2. The van der Waals surface area contributed by atoms with E-state index in [9.17, 15) is 4.79 Å². The van der Waals surface area contributed by atoms with E-state index in [2.05, 4.69) is 22.6 Å². The first-order chi connectivity index (χ1) is 10.2. The van der Waals surface area contributed by atoms with Crippen LogP contribution in [-0.4, -0.2) is 20.2 Å². The highest BCUT2D eigenvalue weighted by Crippen LogP contribution is 2.43. The van der Waals surface area contributed by atoms with E-state index in [1.807, 2.05) is 24.3 Å². The number of ether oxygens (including phenoxy) is 3. The molecule has 0 saturated heterocycles. The van der Waals surface area contributed by atoms with Crippen LogP contribution < -0.4 is 9.47 Å². The Labute approximate surface area is 136 Å². The number of hydrogen-bond acceptors (Lipinski definition) is 4. The molecule has 0 unspecified atom stereocenters. The molecule has 1 heterocycles. The molecule has 0 amide bonds. The fraction of sp³-hybridized carbons (Fsp3) is 0.188. The summed E-state index contributed by atoms with van der Waals surface area (Å²) in [6, 6.07) is 11.1. The van der Waals surface area contributed by atoms with Gasteiger partial charge in [0.05, 0.1) is 28.9 Å². The molecular weight excluding hydrogens is 383 g/mol. The molecule has 5 heteroatoms. The highest BCUT2D eigenvalue weighted by molar-refractivity contribution is 14.1. The Hall–Kier alpha value is -1.76. The summed E-state index contributed by atoms with van der Waals surface area (Å²) in [5.41, 5.74) is 2.22. The number of cyclic esters (lactones) is 1. The van der Waals surface area contributed by atoms with Crippen LogP contribution in [-0.2, 0) is 4.74 Å². The molecule has 0 fully saturated rings. The van der Waals surface area contributed by atoms with Crippen LogP contribution >= 0.6 is 22.6 Å². The van der Waals surface area contributed by atoms with Crippen molar-refractivity contribution in [1.29, 1.82) is 0 Å². The van der Waals surface area contributed by atoms with E-state index in [1.165, 1.54) is 0 Å². The zero-order chi connectivity index (χ0) is 15.0. The Morgan fingerprint density at radius 2 is 1.71 bits per heavy atom. The number of fused-ring (bicyclic) bond motifs is 1. The molecule has 1 aliphatic rings. The van der Waals surface area contributed by atoms with Crippen molar-refractivity contribution in [2.75, 3.05) is 14.2 Å². The molecule has 0 aromatic heterocycles. The lowest BCUT2D eigenvalue weighted by Gasteiger charge is -2.16. The first-order valence-corrected chi connectivity index (χ1v) is 7.45. The Kier molecular flexibility index (Phi) is 3.75. The van der Waals surface area contributed by atoms with Gasteiger partial charge in [0, 0.05) is 5.56 Å². The molecule has 4 nitrogen and oxygen atoms in total. The normalized spacial score (nSPS) is 16.3. The van der Waals surface area contributed by atoms with Crippen LogP contribution in [0.3, 0.4) is 0 Å². The van der Waals surface area contributed by atoms with Crippen LogP contribution in [0, 0.1) is 3.57 Å². The predicted molar refractivity (Wildman–Crippen MR) is 86.0 cm³/mol. The van der Waals surface area contributed by atoms with Crippen molar-refractivity contribution in [3.05, 3.63) is 56.7 Å². The molecular formula is C16H13IO4. The van der Waals surface area contributed by atoms with Gasteiger partial charge in [-0.05, 0) is 40.8 Å². The second-order valence-corrected chi connectivity index (χ2v) is 5.65. The summed E-state index contributed by atoms with van der Waals surface area (Å²) in [6.07, 6.45) is -0.467. The van der Waals surface area contributed by atoms with Crippen molar-refractivity contribution < 1.29 is 19.0 Å². The molecule has 0 aliphatic carbocycles. The third-order valence-corrected chi connectivity index (χ3v) is 4.64. The number of hydrogen-bond donors (Lipinski definition) is 0. The van der Waals surface area contributed by atoms with Crippen molar-refractivity contribution in [3.63, 3.8) is 0 Å². The molecule has 1 atom stereocenters. The maximum absolute atomic E-state index is 12.1. The predicted octanol–water partition coefficient (Wildman–Crippen LogP) is 3.57. The van der Waals surface area contributed by atoms with E-state index in [0.717, 1.165) is 20.4 Å². The van der Waals surface area contributed by atoms with Crippen LogP contribution in [0.15, 0.2) is 36.4 Å². The zero-order valence-electron chi connectivity index (χ0n) is 11.6. The van der Waals surface area contributed by atoms with E-state index >= 15 is 0 Å². The van der Waals surface area contributed by atoms with Crippen LogP contribution in [0.5, 0.6) is 11.5 Å². The van der Waals surface area contributed by atoms with Gasteiger partial charge in [0.25, 0.3) is 0 Å². The average Bonchev–Trinajstić information content (AvgIpc) is 2.85. The van der Waals surface area contributed by atoms with Gasteiger partial charge < -0.3 is 14.2 Å². The van der Waals surface area contributed by atoms with Crippen LogP contribution in [0.4, 0.5) is 0 Å². The minimum absolute atomic E-state index is 0.326. The van der Waals surface area contributed by atoms with E-state index in [1.54, 1.807) is 26.4 Å². The molecule has 0 bridgehead atoms. The standard InChI is InChI=1S/C16H13IO4/c1-19-11-7-3-5-9-13(11)15(21-16(9)18)10-6-4-8-12(20-2)14(10)17/h3-8,15H,1-2H3/t15-/m0/s1. The van der Waals surface area contributed by atoms with Gasteiger partial charge >= 0.3 is 5.97 Å². The molecule has 1 aliphatic heterocycles. The summed E-state index contributed by atoms with van der Waals surface area (Å²) in [5, 5.41) is 0. The van der Waals surface area contributed by atoms with Gasteiger partial charge in [-0.1, -0.05) is 18.2 Å². The molecule has 0 radical (unpaired) electrons. The molecule has 2 aromatic rings. The van der Waals surface area contributed by atoms with Gasteiger partial charge in [0.15, 0.2) is 6.10 Å². The molecule has 0 saturated carbocycles. The monoisotopic (exact) mass is 396 g/mol. The first kappa shape index (κ1) is 14.2. The van der Waals surface area contributed by atoms with Crippen molar-refractivity contribution in [2.45, 2.75) is 6.10 Å². The van der Waals surface area contributed by atoms with Gasteiger partial charge in [-0.2, -0.15) is 0 Å². The Morgan fingerprint density at radius 1 is 1.05 bits per heavy atom. The third-order valence-electron chi connectivity index (χ3n) is 3.49. The summed E-state index contributed by atoms with van der Waals surface area (Å²) in [6.45, 7) is 0. The summed E-state index contributed by atoms with van der Waals surface area (Å²) in [7, 11) is 3.21. The number of esters is 1. The lowest BCUT2D eigenvalue weighted by Crippen LogP contribution is -2.05. The number of benzene rings is 2. The number of halogens is 1. The minimum Gasteiger partial charge on any atom is -0.496 e. The average molecular weight is 396 g/mol. The second kappa shape index (κ2) is 5.55. The summed E-state index contributed by atoms with van der Waals surface area (Å²) in [5.74, 6) is 1.09. The van der Waals surface area contributed by atoms with Crippen molar-refractivity contribution in [3.8, 4) is 11.5 Å². The highest BCUT2D eigenvalue weighted by atomic mass is 127. The number of rotatable bonds is 3. The maximum Gasteiger partial charge on any atom is 0.339 e. The van der Waals surface area contributed by atoms with Crippen LogP contribution in [0.25, 0.3) is 0 Å². The van der Waals surface area contributed by atoms with Crippen LogP contribution in [0.1, 0.15) is 27.6 Å². The summed E-state index contributed by atoms with van der Waals surface area (Å²) in [4.78, 5) is 12.1. The van der Waals surface area contributed by atoms with Gasteiger partial charge in [-0.3, -0.25) is 0 Å². The number of carbonyl (C=O) groups excluding carboxylic acids is 1. The molecule has 21 heavy (non-hydrogen) atoms. The second-order valence-electron chi connectivity index (χ2n) is 4.57. The van der Waals surface area contributed by atoms with E-state index in [0.29, 0.717) is 11.3 Å². The van der Waals surface area contributed by atoms with Crippen LogP contribution in [0.2, 0.25) is 0 Å². The lowest BCUT2D eigenvalue weighted by atomic mass is 9.98. The molecule has 2 aromatic carbocycles. The van der Waals surface area contributed by atoms with Gasteiger partial charge in [0.1, 0.15) is 11.5 Å². The minimum atomic E-state index is -0.467. The van der Waals surface area contributed by atoms with Gasteiger partial charge in [0.2, 0.25) is 0 Å². The SMILES string of the molecule is COc1cccc([C@@H]2OC(=O)c3cccc(OC)c32)c1I. The Balaban J connectivity index is 2.18. The zero-order valence-corrected chi connectivity index (χ0v) is 13.7. The maximum atomic E-state index is 12.1. The summed E-state index contributed by atoms with van der Waals surface area (Å²) < 4.78 is 17.2. The topological polar surface area (TPSA) is 44.8 Å². The smallest absolute Gasteiger partial charge is 0.339 e. The van der Waals surface area contributed by atoms with E-state index in [-0.39, 0.29) is 5.97 Å². The van der Waals surface area contributed by atoms with E-state index < -0.39 is 6.10 Å². The van der Waals surface area contributed by atoms with Gasteiger partial charge in [-0.25, -0.2) is 4.79 Å². The summed E-state index contributed by atoms with van der Waals surface area (Å²) >= 11 is 2.20. The quantitative estimate of drug-likeness (QED) is 0.588. The first-order valence-electron chi connectivity index (χ1n) is 6.37. The molecule has 3 rings (SSSR count). The fourth-order valence-corrected chi connectivity index (χ4v) is 3.37. The highest BCUT2D eigenvalue weighted by Gasteiger charge is 2.36. The third kappa shape index (κ3) is 2.25. The Morgan fingerprint density at radius 3 is 2.43 bits per heavy atom. The molecule has 0 N–H and O–H groups in total. The fourth-order valence-electron chi connectivity index (χ4n) is 2.51. The number of carbonyl (C=O) groups is 1. The largest absolute Gasteiger partial charge is 0.496 e.